The van der Waals surface area contributed by atoms with Gasteiger partial charge in [0.2, 0.25) is 5.91 Å². The van der Waals surface area contributed by atoms with E-state index < -0.39 is 5.97 Å². The molecule has 0 aliphatic carbocycles. The maximum Gasteiger partial charge on any atom is 0.303 e. The molecule has 0 spiro atoms. The number of carboxylic acid groups (broad SMARTS) is 1. The predicted octanol–water partition coefficient (Wildman–Crippen LogP) is 1.59. The van der Waals surface area contributed by atoms with Crippen molar-refractivity contribution in [3.8, 4) is 0 Å². The molecule has 0 heterocycles. The Morgan fingerprint density at radius 3 is 2.63 bits per heavy atom. The molecule has 0 fully saturated rings. The fourth-order valence-corrected chi connectivity index (χ4v) is 1.60. The predicted molar refractivity (Wildman–Crippen MR) is 74.2 cm³/mol. The van der Waals surface area contributed by atoms with Gasteiger partial charge in [-0.05, 0) is 38.2 Å². The first-order valence-electron chi connectivity index (χ1n) is 6.22. The van der Waals surface area contributed by atoms with E-state index in [1.165, 1.54) is 0 Å². The van der Waals surface area contributed by atoms with Gasteiger partial charge in [0.05, 0.1) is 0 Å². The average Bonchev–Trinajstić information content (AvgIpc) is 2.34. The van der Waals surface area contributed by atoms with E-state index in [9.17, 15) is 9.59 Å². The number of hydrogen-bond donors (Lipinski definition) is 2. The summed E-state index contributed by atoms with van der Waals surface area (Å²) >= 11 is 0. The summed E-state index contributed by atoms with van der Waals surface area (Å²) in [6.45, 7) is 0.699. The number of hydrogen-bond acceptors (Lipinski definition) is 3. The van der Waals surface area contributed by atoms with E-state index in [0.717, 1.165) is 5.56 Å². The van der Waals surface area contributed by atoms with Crippen LogP contribution in [0.1, 0.15) is 18.4 Å². The van der Waals surface area contributed by atoms with Gasteiger partial charge in [0.25, 0.3) is 0 Å². The van der Waals surface area contributed by atoms with Crippen LogP contribution in [0.15, 0.2) is 24.3 Å². The minimum atomic E-state index is -0.819. The van der Waals surface area contributed by atoms with Gasteiger partial charge in [-0.3, -0.25) is 9.59 Å². The monoisotopic (exact) mass is 264 g/mol. The third-order valence-corrected chi connectivity index (χ3v) is 2.62. The molecule has 0 aliphatic heterocycles. The number of amides is 1. The highest BCUT2D eigenvalue weighted by molar-refractivity contribution is 5.90. The number of benzene rings is 1. The lowest BCUT2D eigenvalue weighted by atomic mass is 10.1. The smallest absolute Gasteiger partial charge is 0.303 e. The molecule has 1 aromatic carbocycles. The highest BCUT2D eigenvalue weighted by atomic mass is 16.4. The molecule has 0 aliphatic rings. The Kier molecular flexibility index (Phi) is 6.02. The van der Waals surface area contributed by atoms with E-state index in [4.69, 9.17) is 5.11 Å². The Bertz CT molecular complexity index is 444. The van der Waals surface area contributed by atoms with Crippen molar-refractivity contribution in [2.24, 2.45) is 0 Å². The second-order valence-corrected chi connectivity index (χ2v) is 4.70. The van der Waals surface area contributed by atoms with Crippen LogP contribution in [0.25, 0.3) is 0 Å². The zero-order chi connectivity index (χ0) is 14.3. The van der Waals surface area contributed by atoms with Crippen molar-refractivity contribution < 1.29 is 14.7 Å². The molecular formula is C14H20N2O3. The molecule has 2 N–H and O–H groups in total. The van der Waals surface area contributed by atoms with E-state index in [-0.39, 0.29) is 12.3 Å². The molecule has 1 aromatic rings. The Morgan fingerprint density at radius 2 is 2.00 bits per heavy atom. The number of nitrogens with one attached hydrogen (secondary N) is 1. The molecule has 1 amide bonds. The summed E-state index contributed by atoms with van der Waals surface area (Å²) in [5.74, 6) is -0.857. The molecular weight excluding hydrogens is 244 g/mol. The number of carboxylic acids is 1. The normalized spacial score (nSPS) is 10.5. The minimum Gasteiger partial charge on any atom is -0.481 e. The minimum absolute atomic E-state index is 0.0379. The zero-order valence-corrected chi connectivity index (χ0v) is 11.3. The summed E-state index contributed by atoms with van der Waals surface area (Å²) in [7, 11) is 3.83. The van der Waals surface area contributed by atoms with Gasteiger partial charge >= 0.3 is 5.97 Å². The lowest BCUT2D eigenvalue weighted by Crippen LogP contribution is -2.20. The van der Waals surface area contributed by atoms with E-state index in [2.05, 4.69) is 5.32 Å². The Balaban J connectivity index is 2.51. The first-order valence-corrected chi connectivity index (χ1v) is 6.22. The number of carbonyl (C=O) groups is 2. The van der Waals surface area contributed by atoms with Crippen LogP contribution in [-0.2, 0) is 16.0 Å². The second kappa shape index (κ2) is 7.53. The third-order valence-electron chi connectivity index (χ3n) is 2.62. The van der Waals surface area contributed by atoms with E-state index in [0.29, 0.717) is 25.1 Å². The lowest BCUT2D eigenvalue weighted by Gasteiger charge is -2.10. The van der Waals surface area contributed by atoms with Crippen molar-refractivity contribution in [1.29, 1.82) is 0 Å². The largest absolute Gasteiger partial charge is 0.481 e. The summed E-state index contributed by atoms with van der Waals surface area (Å²) in [5.41, 5.74) is 1.62. The van der Waals surface area contributed by atoms with Crippen LogP contribution in [0.3, 0.4) is 0 Å². The van der Waals surface area contributed by atoms with Crippen LogP contribution in [0.4, 0.5) is 5.69 Å². The number of aliphatic carboxylic acids is 1. The van der Waals surface area contributed by atoms with E-state index in [1.807, 2.05) is 37.2 Å². The summed E-state index contributed by atoms with van der Waals surface area (Å²) in [6, 6.07) is 7.30. The molecule has 0 saturated carbocycles. The van der Waals surface area contributed by atoms with Gasteiger partial charge in [-0.2, -0.15) is 0 Å². The van der Waals surface area contributed by atoms with E-state index in [1.54, 1.807) is 6.07 Å². The highest BCUT2D eigenvalue weighted by Gasteiger charge is 2.04. The van der Waals surface area contributed by atoms with Crippen LogP contribution in [0.2, 0.25) is 0 Å². The standard InChI is InChI=1S/C14H20N2O3/c1-16(2)9-8-13(17)15-12-5-3-4-11(10-12)6-7-14(18)19/h3-5,10H,6-9H2,1-2H3,(H,15,17)(H,18,19). The van der Waals surface area contributed by atoms with Crippen LogP contribution in [0, 0.1) is 0 Å². The highest BCUT2D eigenvalue weighted by Crippen LogP contribution is 2.12. The fraction of sp³-hybridized carbons (Fsp3) is 0.429. The molecule has 0 saturated heterocycles. The number of anilines is 1. The van der Waals surface area contributed by atoms with Crippen molar-refractivity contribution in [2.45, 2.75) is 19.3 Å². The molecule has 0 bridgehead atoms. The molecule has 0 unspecified atom stereocenters. The van der Waals surface area contributed by atoms with Gasteiger partial charge in [0, 0.05) is 25.1 Å². The fourth-order valence-electron chi connectivity index (χ4n) is 1.60. The van der Waals surface area contributed by atoms with Gasteiger partial charge in [-0.15, -0.1) is 0 Å². The molecule has 104 valence electrons. The van der Waals surface area contributed by atoms with Gasteiger partial charge in [0.15, 0.2) is 0 Å². The van der Waals surface area contributed by atoms with Crippen molar-refractivity contribution in [2.75, 3.05) is 26.0 Å². The summed E-state index contributed by atoms with van der Waals surface area (Å²) < 4.78 is 0. The number of carbonyl (C=O) groups excluding carboxylic acids is 1. The number of nitrogens with zero attached hydrogens (tertiary/aromatic N) is 1. The zero-order valence-electron chi connectivity index (χ0n) is 11.3. The van der Waals surface area contributed by atoms with E-state index >= 15 is 0 Å². The Hall–Kier alpha value is -1.88. The van der Waals surface area contributed by atoms with Crippen LogP contribution < -0.4 is 5.32 Å². The maximum absolute atomic E-state index is 11.7. The number of rotatable bonds is 7. The molecule has 0 radical (unpaired) electrons. The average molecular weight is 264 g/mol. The Labute approximate surface area is 113 Å². The first-order chi connectivity index (χ1) is 8.97. The molecule has 5 nitrogen and oxygen atoms in total. The van der Waals surface area contributed by atoms with Crippen LogP contribution in [-0.4, -0.2) is 42.5 Å². The van der Waals surface area contributed by atoms with Crippen LogP contribution in [0.5, 0.6) is 0 Å². The van der Waals surface area contributed by atoms with Crippen molar-refractivity contribution in [3.63, 3.8) is 0 Å². The second-order valence-electron chi connectivity index (χ2n) is 4.70. The van der Waals surface area contributed by atoms with Crippen molar-refractivity contribution >= 4 is 17.6 Å². The van der Waals surface area contributed by atoms with Gasteiger partial charge < -0.3 is 15.3 Å². The van der Waals surface area contributed by atoms with Gasteiger partial charge in [-0.25, -0.2) is 0 Å². The summed E-state index contributed by atoms with van der Waals surface area (Å²) in [6.07, 6.45) is 1.00. The molecule has 19 heavy (non-hydrogen) atoms. The Morgan fingerprint density at radius 1 is 1.26 bits per heavy atom. The quantitative estimate of drug-likeness (QED) is 0.784. The first kappa shape index (κ1) is 15.2. The maximum atomic E-state index is 11.7. The van der Waals surface area contributed by atoms with Gasteiger partial charge in [-0.1, -0.05) is 12.1 Å². The van der Waals surface area contributed by atoms with Gasteiger partial charge in [0.1, 0.15) is 0 Å². The molecule has 5 heteroatoms. The molecule has 0 atom stereocenters. The lowest BCUT2D eigenvalue weighted by molar-refractivity contribution is -0.137. The number of aryl methyl sites for hydroxylation is 1. The molecule has 0 aromatic heterocycles. The molecule has 1 rings (SSSR count). The summed E-state index contributed by atoms with van der Waals surface area (Å²) in [4.78, 5) is 24.1. The third kappa shape index (κ3) is 6.57. The van der Waals surface area contributed by atoms with Crippen molar-refractivity contribution in [1.82, 2.24) is 4.90 Å². The topological polar surface area (TPSA) is 69.6 Å². The summed E-state index contributed by atoms with van der Waals surface area (Å²) in [5, 5.41) is 11.4. The van der Waals surface area contributed by atoms with Crippen LogP contribution >= 0.6 is 0 Å². The SMILES string of the molecule is CN(C)CCC(=O)Nc1cccc(CCC(=O)O)c1. The van der Waals surface area contributed by atoms with Crippen molar-refractivity contribution in [3.05, 3.63) is 29.8 Å².